The van der Waals surface area contributed by atoms with Crippen molar-refractivity contribution < 1.29 is 9.59 Å². The minimum absolute atomic E-state index is 0.187. The Morgan fingerprint density at radius 2 is 1.81 bits per heavy atom. The monoisotopic (exact) mass is 346 g/mol. The van der Waals surface area contributed by atoms with Gasteiger partial charge in [0.15, 0.2) is 0 Å². The van der Waals surface area contributed by atoms with Gasteiger partial charge in [-0.2, -0.15) is 0 Å². The molecule has 0 fully saturated rings. The SMILES string of the molecule is Cc1cccc(C(=O)Nc2ccc(CC(N)=O)cc2)c1Br. The maximum Gasteiger partial charge on any atom is 0.256 e. The van der Waals surface area contributed by atoms with Crippen molar-refractivity contribution in [2.75, 3.05) is 5.32 Å². The van der Waals surface area contributed by atoms with Crippen molar-refractivity contribution in [3.8, 4) is 0 Å². The molecule has 2 aromatic rings. The zero-order valence-corrected chi connectivity index (χ0v) is 13.1. The van der Waals surface area contributed by atoms with Gasteiger partial charge in [0.25, 0.3) is 5.91 Å². The molecule has 2 aromatic carbocycles. The standard InChI is InChI=1S/C16H15BrN2O2/c1-10-3-2-4-13(15(10)17)16(21)19-12-7-5-11(6-8-12)9-14(18)20/h2-8H,9H2,1H3,(H2,18,20)(H,19,21). The summed E-state index contributed by atoms with van der Waals surface area (Å²) in [5.41, 5.74) is 8.20. The van der Waals surface area contributed by atoms with E-state index < -0.39 is 0 Å². The summed E-state index contributed by atoms with van der Waals surface area (Å²) in [6.45, 7) is 1.93. The molecule has 5 heteroatoms. The van der Waals surface area contributed by atoms with Gasteiger partial charge in [0.05, 0.1) is 12.0 Å². The van der Waals surface area contributed by atoms with Crippen molar-refractivity contribution in [3.63, 3.8) is 0 Å². The molecule has 2 amide bonds. The van der Waals surface area contributed by atoms with Gasteiger partial charge in [-0.25, -0.2) is 0 Å². The van der Waals surface area contributed by atoms with Gasteiger partial charge in [-0.1, -0.05) is 24.3 Å². The Labute approximate surface area is 131 Å². The molecule has 21 heavy (non-hydrogen) atoms. The van der Waals surface area contributed by atoms with E-state index in [0.29, 0.717) is 11.3 Å². The highest BCUT2D eigenvalue weighted by Crippen LogP contribution is 2.22. The highest BCUT2D eigenvalue weighted by Gasteiger charge is 2.11. The van der Waals surface area contributed by atoms with E-state index in [1.807, 2.05) is 19.1 Å². The Morgan fingerprint density at radius 1 is 1.14 bits per heavy atom. The van der Waals surface area contributed by atoms with E-state index in [0.717, 1.165) is 15.6 Å². The lowest BCUT2D eigenvalue weighted by Gasteiger charge is -2.09. The molecule has 0 aromatic heterocycles. The summed E-state index contributed by atoms with van der Waals surface area (Å²) in [4.78, 5) is 23.1. The molecule has 0 saturated carbocycles. The molecule has 0 bridgehead atoms. The van der Waals surface area contributed by atoms with E-state index in [2.05, 4.69) is 21.2 Å². The number of amides is 2. The van der Waals surface area contributed by atoms with Gasteiger partial charge in [-0.3, -0.25) is 9.59 Å². The predicted octanol–water partition coefficient (Wildman–Crippen LogP) is 3.04. The molecule has 0 heterocycles. The summed E-state index contributed by atoms with van der Waals surface area (Å²) in [7, 11) is 0. The van der Waals surface area contributed by atoms with Crippen molar-refractivity contribution in [1.82, 2.24) is 0 Å². The van der Waals surface area contributed by atoms with Crippen molar-refractivity contribution in [3.05, 3.63) is 63.6 Å². The summed E-state index contributed by atoms with van der Waals surface area (Å²) >= 11 is 3.42. The lowest BCUT2D eigenvalue weighted by Crippen LogP contribution is -2.14. The van der Waals surface area contributed by atoms with Crippen LogP contribution in [0.4, 0.5) is 5.69 Å². The molecular weight excluding hydrogens is 332 g/mol. The number of primary amides is 1. The third-order valence-electron chi connectivity index (χ3n) is 3.03. The Kier molecular flexibility index (Phi) is 4.75. The molecule has 0 saturated heterocycles. The van der Waals surface area contributed by atoms with Crippen LogP contribution in [0.15, 0.2) is 46.9 Å². The number of carbonyl (C=O) groups excluding carboxylic acids is 2. The van der Waals surface area contributed by atoms with Crippen LogP contribution < -0.4 is 11.1 Å². The lowest BCUT2D eigenvalue weighted by atomic mass is 10.1. The van der Waals surface area contributed by atoms with Crippen LogP contribution in [0.3, 0.4) is 0 Å². The number of benzene rings is 2. The number of hydrogen-bond donors (Lipinski definition) is 2. The fourth-order valence-electron chi connectivity index (χ4n) is 1.93. The average molecular weight is 347 g/mol. The third kappa shape index (κ3) is 3.92. The molecule has 0 radical (unpaired) electrons. The van der Waals surface area contributed by atoms with Crippen LogP contribution in [0.5, 0.6) is 0 Å². The van der Waals surface area contributed by atoms with E-state index in [1.54, 1.807) is 30.3 Å². The van der Waals surface area contributed by atoms with Gasteiger partial charge in [-0.05, 0) is 52.2 Å². The van der Waals surface area contributed by atoms with E-state index in [-0.39, 0.29) is 18.2 Å². The maximum atomic E-state index is 12.2. The fraction of sp³-hybridized carbons (Fsp3) is 0.125. The molecule has 0 spiro atoms. The van der Waals surface area contributed by atoms with E-state index in [9.17, 15) is 9.59 Å². The molecule has 0 unspecified atom stereocenters. The number of anilines is 1. The van der Waals surface area contributed by atoms with E-state index >= 15 is 0 Å². The first-order valence-electron chi connectivity index (χ1n) is 6.41. The maximum absolute atomic E-state index is 12.2. The minimum Gasteiger partial charge on any atom is -0.369 e. The number of rotatable bonds is 4. The van der Waals surface area contributed by atoms with Crippen molar-refractivity contribution in [2.24, 2.45) is 5.73 Å². The van der Waals surface area contributed by atoms with Gasteiger partial charge in [0.1, 0.15) is 0 Å². The van der Waals surface area contributed by atoms with Crippen LogP contribution in [0.25, 0.3) is 0 Å². The molecule has 2 rings (SSSR count). The Bertz CT molecular complexity index is 681. The van der Waals surface area contributed by atoms with E-state index in [4.69, 9.17) is 5.73 Å². The minimum atomic E-state index is -0.379. The van der Waals surface area contributed by atoms with Crippen LogP contribution in [0.1, 0.15) is 21.5 Å². The Balaban J connectivity index is 2.12. The van der Waals surface area contributed by atoms with Gasteiger partial charge in [0, 0.05) is 10.2 Å². The largest absolute Gasteiger partial charge is 0.369 e. The van der Waals surface area contributed by atoms with Crippen LogP contribution in [0.2, 0.25) is 0 Å². The summed E-state index contributed by atoms with van der Waals surface area (Å²) in [6.07, 6.45) is 0.192. The highest BCUT2D eigenvalue weighted by molar-refractivity contribution is 9.10. The molecule has 0 aliphatic rings. The summed E-state index contributed by atoms with van der Waals surface area (Å²) in [5, 5.41) is 2.82. The first kappa shape index (κ1) is 15.3. The van der Waals surface area contributed by atoms with E-state index in [1.165, 1.54) is 0 Å². The number of nitrogens with two attached hydrogens (primary N) is 1. The molecule has 0 aliphatic heterocycles. The smallest absolute Gasteiger partial charge is 0.256 e. The van der Waals surface area contributed by atoms with Crippen molar-refractivity contribution >= 4 is 33.4 Å². The number of nitrogens with one attached hydrogen (secondary N) is 1. The van der Waals surface area contributed by atoms with Crippen molar-refractivity contribution in [2.45, 2.75) is 13.3 Å². The molecule has 108 valence electrons. The Morgan fingerprint density at radius 3 is 2.43 bits per heavy atom. The number of carbonyl (C=O) groups is 2. The number of aryl methyl sites for hydroxylation is 1. The summed E-state index contributed by atoms with van der Waals surface area (Å²) in [6, 6.07) is 12.6. The van der Waals surface area contributed by atoms with Gasteiger partial charge < -0.3 is 11.1 Å². The van der Waals surface area contributed by atoms with Crippen LogP contribution in [-0.2, 0) is 11.2 Å². The Hall–Kier alpha value is -2.14. The normalized spacial score (nSPS) is 10.2. The summed E-state index contributed by atoms with van der Waals surface area (Å²) in [5.74, 6) is -0.566. The molecule has 0 aliphatic carbocycles. The molecule has 0 atom stereocenters. The summed E-state index contributed by atoms with van der Waals surface area (Å²) < 4.78 is 0.785. The third-order valence-corrected chi connectivity index (χ3v) is 4.08. The second kappa shape index (κ2) is 6.54. The lowest BCUT2D eigenvalue weighted by molar-refractivity contribution is -0.117. The number of halogens is 1. The zero-order chi connectivity index (χ0) is 15.4. The second-order valence-corrected chi connectivity index (χ2v) is 5.52. The predicted molar refractivity (Wildman–Crippen MR) is 86.2 cm³/mol. The first-order valence-corrected chi connectivity index (χ1v) is 7.20. The highest BCUT2D eigenvalue weighted by atomic mass is 79.9. The van der Waals surface area contributed by atoms with Crippen LogP contribution >= 0.6 is 15.9 Å². The molecular formula is C16H15BrN2O2. The first-order chi connectivity index (χ1) is 9.97. The van der Waals surface area contributed by atoms with Gasteiger partial charge in [-0.15, -0.1) is 0 Å². The quantitative estimate of drug-likeness (QED) is 0.892. The van der Waals surface area contributed by atoms with Gasteiger partial charge in [0.2, 0.25) is 5.91 Å². The van der Waals surface area contributed by atoms with Crippen molar-refractivity contribution in [1.29, 1.82) is 0 Å². The topological polar surface area (TPSA) is 72.2 Å². The molecule has 4 nitrogen and oxygen atoms in total. The second-order valence-electron chi connectivity index (χ2n) is 4.73. The molecule has 3 N–H and O–H groups in total. The number of hydrogen-bond acceptors (Lipinski definition) is 2. The zero-order valence-electron chi connectivity index (χ0n) is 11.5. The fourth-order valence-corrected chi connectivity index (χ4v) is 2.37. The van der Waals surface area contributed by atoms with Gasteiger partial charge >= 0.3 is 0 Å². The average Bonchev–Trinajstić information content (AvgIpc) is 2.43. The van der Waals surface area contributed by atoms with Crippen LogP contribution in [-0.4, -0.2) is 11.8 Å². The van der Waals surface area contributed by atoms with Crippen LogP contribution in [0, 0.1) is 6.92 Å².